The summed E-state index contributed by atoms with van der Waals surface area (Å²) in [6, 6.07) is 0. The highest BCUT2D eigenvalue weighted by Gasteiger charge is 2.33. The van der Waals surface area contributed by atoms with Crippen LogP contribution in [0.2, 0.25) is 0 Å². The lowest BCUT2D eigenvalue weighted by atomic mass is 10.1. The zero-order valence-electron chi connectivity index (χ0n) is 7.40. The Kier molecular flexibility index (Phi) is 3.24. The predicted octanol–water partition coefficient (Wildman–Crippen LogP) is 3.61. The third-order valence-corrected chi connectivity index (χ3v) is 2.77. The van der Waals surface area contributed by atoms with Crippen LogP contribution in [-0.4, -0.2) is 0 Å². The summed E-state index contributed by atoms with van der Waals surface area (Å²) in [4.78, 5) is 0. The summed E-state index contributed by atoms with van der Waals surface area (Å²) in [5, 5.41) is 0. The molecule has 1 fully saturated rings. The highest BCUT2D eigenvalue weighted by Crippen LogP contribution is 2.44. The third kappa shape index (κ3) is 2.32. The molecule has 1 saturated carbocycles. The molecule has 0 heteroatoms. The van der Waals surface area contributed by atoms with E-state index >= 15 is 0 Å². The molecule has 0 aromatic rings. The van der Waals surface area contributed by atoms with Gasteiger partial charge in [-0.25, -0.2) is 0 Å². The molecule has 0 heterocycles. The van der Waals surface area contributed by atoms with Gasteiger partial charge in [-0.3, -0.25) is 0 Å². The number of unbranched alkanes of at least 4 members (excludes halogenated alkanes) is 2. The quantitative estimate of drug-likeness (QED) is 0.512. The van der Waals surface area contributed by atoms with Gasteiger partial charge in [-0.15, -0.1) is 0 Å². The van der Waals surface area contributed by atoms with Crippen LogP contribution in [-0.2, 0) is 0 Å². The van der Waals surface area contributed by atoms with Crippen molar-refractivity contribution in [3.05, 3.63) is 0 Å². The molecule has 0 radical (unpaired) electrons. The molecule has 1 rings (SSSR count). The van der Waals surface area contributed by atoms with E-state index in [1.165, 1.54) is 32.1 Å². The first-order valence-electron chi connectivity index (χ1n) is 4.88. The lowest BCUT2D eigenvalue weighted by Gasteiger charge is -1.95. The Morgan fingerprint density at radius 2 is 1.90 bits per heavy atom. The second-order valence-electron chi connectivity index (χ2n) is 3.66. The molecule has 60 valence electrons. The summed E-state index contributed by atoms with van der Waals surface area (Å²) in [6.45, 7) is 4.61. The molecule has 2 atom stereocenters. The highest BCUT2D eigenvalue weighted by atomic mass is 14.4. The van der Waals surface area contributed by atoms with E-state index < -0.39 is 0 Å². The normalized spacial score (nSPS) is 30.6. The monoisotopic (exact) mass is 140 g/mol. The predicted molar refractivity (Wildman–Crippen MR) is 46.0 cm³/mol. The van der Waals surface area contributed by atoms with Crippen molar-refractivity contribution in [3.8, 4) is 0 Å². The zero-order chi connectivity index (χ0) is 7.40. The minimum absolute atomic E-state index is 1.12. The summed E-state index contributed by atoms with van der Waals surface area (Å²) in [6.07, 6.45) is 8.80. The number of hydrogen-bond donors (Lipinski definition) is 0. The van der Waals surface area contributed by atoms with E-state index in [1.807, 2.05) is 0 Å². The first-order chi connectivity index (χ1) is 4.88. The second-order valence-corrected chi connectivity index (χ2v) is 3.66. The molecule has 1 aliphatic carbocycles. The molecule has 0 unspecified atom stereocenters. The van der Waals surface area contributed by atoms with Crippen LogP contribution in [0.25, 0.3) is 0 Å². The molecule has 0 N–H and O–H groups in total. The van der Waals surface area contributed by atoms with Crippen LogP contribution in [0.15, 0.2) is 0 Å². The Morgan fingerprint density at radius 3 is 2.40 bits per heavy atom. The van der Waals surface area contributed by atoms with Gasteiger partial charge in [0.15, 0.2) is 0 Å². The lowest BCUT2D eigenvalue weighted by molar-refractivity contribution is 0.575. The van der Waals surface area contributed by atoms with Crippen molar-refractivity contribution in [1.82, 2.24) is 0 Å². The van der Waals surface area contributed by atoms with E-state index in [-0.39, 0.29) is 0 Å². The minimum Gasteiger partial charge on any atom is -0.0654 e. The van der Waals surface area contributed by atoms with Gasteiger partial charge in [-0.1, -0.05) is 46.0 Å². The molecule has 0 aromatic carbocycles. The van der Waals surface area contributed by atoms with Crippen molar-refractivity contribution in [2.75, 3.05) is 0 Å². The maximum Gasteiger partial charge on any atom is -0.0383 e. The average Bonchev–Trinajstić information content (AvgIpc) is 2.68. The Bertz CT molecular complexity index is 86.0. The topological polar surface area (TPSA) is 0 Å². The van der Waals surface area contributed by atoms with Gasteiger partial charge in [0, 0.05) is 0 Å². The van der Waals surface area contributed by atoms with Gasteiger partial charge in [-0.2, -0.15) is 0 Å². The maximum atomic E-state index is 2.32. The van der Waals surface area contributed by atoms with Gasteiger partial charge in [-0.05, 0) is 18.3 Å². The van der Waals surface area contributed by atoms with Crippen LogP contribution in [0.3, 0.4) is 0 Å². The van der Waals surface area contributed by atoms with E-state index in [4.69, 9.17) is 0 Å². The molecule has 0 amide bonds. The molecule has 0 saturated heterocycles. The third-order valence-electron chi connectivity index (χ3n) is 2.77. The van der Waals surface area contributed by atoms with Gasteiger partial charge in [0.25, 0.3) is 0 Å². The van der Waals surface area contributed by atoms with Crippen molar-refractivity contribution in [2.45, 2.75) is 52.4 Å². The molecule has 1 aliphatic rings. The van der Waals surface area contributed by atoms with Crippen LogP contribution >= 0.6 is 0 Å². The van der Waals surface area contributed by atoms with Gasteiger partial charge >= 0.3 is 0 Å². The van der Waals surface area contributed by atoms with Gasteiger partial charge in [0.2, 0.25) is 0 Å². The lowest BCUT2D eigenvalue weighted by Crippen LogP contribution is -1.81. The summed E-state index contributed by atoms with van der Waals surface area (Å²) < 4.78 is 0. The van der Waals surface area contributed by atoms with E-state index in [2.05, 4.69) is 13.8 Å². The molecule has 0 aliphatic heterocycles. The Morgan fingerprint density at radius 1 is 1.10 bits per heavy atom. The smallest absolute Gasteiger partial charge is 0.0383 e. The number of rotatable bonds is 5. The first-order valence-corrected chi connectivity index (χ1v) is 4.88. The van der Waals surface area contributed by atoms with Crippen molar-refractivity contribution >= 4 is 0 Å². The highest BCUT2D eigenvalue weighted by molar-refractivity contribution is 4.84. The first kappa shape index (κ1) is 8.10. The summed E-state index contributed by atoms with van der Waals surface area (Å²) >= 11 is 0. The molecular weight excluding hydrogens is 120 g/mol. The molecular formula is C10H20. The molecule has 0 nitrogen and oxygen atoms in total. The van der Waals surface area contributed by atoms with Crippen LogP contribution in [0.1, 0.15) is 52.4 Å². The SMILES string of the molecule is CCCCC[C@H]1C[C@@H]1CC. The van der Waals surface area contributed by atoms with Gasteiger partial charge < -0.3 is 0 Å². The fourth-order valence-electron chi connectivity index (χ4n) is 1.82. The Balaban J connectivity index is 1.87. The molecule has 10 heavy (non-hydrogen) atoms. The summed E-state index contributed by atoms with van der Waals surface area (Å²) in [5.74, 6) is 2.26. The van der Waals surface area contributed by atoms with Crippen LogP contribution in [0.5, 0.6) is 0 Å². The van der Waals surface area contributed by atoms with Gasteiger partial charge in [0.05, 0.1) is 0 Å². The summed E-state index contributed by atoms with van der Waals surface area (Å²) in [7, 11) is 0. The van der Waals surface area contributed by atoms with Crippen LogP contribution in [0, 0.1) is 11.8 Å². The minimum atomic E-state index is 1.12. The van der Waals surface area contributed by atoms with Crippen molar-refractivity contribution in [3.63, 3.8) is 0 Å². The van der Waals surface area contributed by atoms with E-state index in [0.29, 0.717) is 0 Å². The Labute approximate surface area is 65.0 Å². The van der Waals surface area contributed by atoms with Gasteiger partial charge in [0.1, 0.15) is 0 Å². The standard InChI is InChI=1S/C10H20/c1-3-5-6-7-10-8-9(10)4-2/h9-10H,3-8H2,1-2H3/t9-,10-/m0/s1. The summed E-state index contributed by atoms with van der Waals surface area (Å²) in [5.41, 5.74) is 0. The van der Waals surface area contributed by atoms with E-state index in [0.717, 1.165) is 11.8 Å². The molecule has 0 bridgehead atoms. The fourth-order valence-corrected chi connectivity index (χ4v) is 1.82. The average molecular weight is 140 g/mol. The van der Waals surface area contributed by atoms with Crippen LogP contribution < -0.4 is 0 Å². The van der Waals surface area contributed by atoms with E-state index in [9.17, 15) is 0 Å². The van der Waals surface area contributed by atoms with Crippen molar-refractivity contribution in [1.29, 1.82) is 0 Å². The maximum absolute atomic E-state index is 2.32. The fraction of sp³-hybridized carbons (Fsp3) is 1.00. The van der Waals surface area contributed by atoms with Crippen LogP contribution in [0.4, 0.5) is 0 Å². The van der Waals surface area contributed by atoms with Crippen molar-refractivity contribution < 1.29 is 0 Å². The molecule has 0 spiro atoms. The Hall–Kier alpha value is 0. The number of hydrogen-bond acceptors (Lipinski definition) is 0. The second kappa shape index (κ2) is 4.00. The molecule has 0 aromatic heterocycles. The largest absolute Gasteiger partial charge is 0.0654 e. The van der Waals surface area contributed by atoms with E-state index in [1.54, 1.807) is 6.42 Å². The van der Waals surface area contributed by atoms with Crippen molar-refractivity contribution in [2.24, 2.45) is 11.8 Å². The zero-order valence-corrected chi connectivity index (χ0v) is 7.40.